The summed E-state index contributed by atoms with van der Waals surface area (Å²) < 4.78 is 12.8. The number of esters is 1. The van der Waals surface area contributed by atoms with Crippen molar-refractivity contribution in [3.05, 3.63) is 24.0 Å². The van der Waals surface area contributed by atoms with Crippen molar-refractivity contribution < 1.29 is 14.3 Å². The van der Waals surface area contributed by atoms with Gasteiger partial charge in [-0.2, -0.15) is 0 Å². The maximum atomic E-state index is 12.1. The average molecular weight is 471 g/mol. The molecule has 7 nitrogen and oxygen atoms in total. The topological polar surface area (TPSA) is 59.8 Å². The molecule has 0 spiro atoms. The first-order valence-corrected chi connectivity index (χ1v) is 12.0. The van der Waals surface area contributed by atoms with Crippen LogP contribution in [-0.4, -0.2) is 84.7 Å². The SMILES string of the molecule is Cn1c(CCCC(=O)OCCN2CCOCC2)nc2cc(N(CCCl)CCCl)ccc21. The number of nitrogens with zero attached hydrogens (tertiary/aromatic N) is 4. The zero-order valence-corrected chi connectivity index (χ0v) is 19.7. The van der Waals surface area contributed by atoms with E-state index in [1.165, 1.54) is 0 Å². The zero-order valence-electron chi connectivity index (χ0n) is 18.2. The molecule has 0 radical (unpaired) electrons. The number of fused-ring (bicyclic) bond motifs is 1. The Balaban J connectivity index is 1.49. The van der Waals surface area contributed by atoms with E-state index in [9.17, 15) is 4.79 Å². The Bertz CT molecular complexity index is 834. The van der Waals surface area contributed by atoms with E-state index < -0.39 is 0 Å². The molecule has 2 heterocycles. The van der Waals surface area contributed by atoms with Crippen LogP contribution in [0.1, 0.15) is 18.7 Å². The molecule has 1 aliphatic rings. The van der Waals surface area contributed by atoms with Gasteiger partial charge in [0.25, 0.3) is 0 Å². The number of aryl methyl sites for hydroxylation is 2. The van der Waals surface area contributed by atoms with Crippen molar-refractivity contribution >= 4 is 45.9 Å². The number of carbonyl (C=O) groups excluding carboxylic acids is 1. The number of rotatable bonds is 12. The number of carbonyl (C=O) groups is 1. The van der Waals surface area contributed by atoms with Gasteiger partial charge in [0.1, 0.15) is 12.4 Å². The molecule has 31 heavy (non-hydrogen) atoms. The minimum atomic E-state index is -0.146. The summed E-state index contributed by atoms with van der Waals surface area (Å²) >= 11 is 11.9. The van der Waals surface area contributed by atoms with Crippen LogP contribution < -0.4 is 4.90 Å². The minimum Gasteiger partial charge on any atom is -0.464 e. The molecule has 1 aromatic carbocycles. The third-order valence-electron chi connectivity index (χ3n) is 5.59. The Morgan fingerprint density at radius 3 is 2.68 bits per heavy atom. The Morgan fingerprint density at radius 1 is 1.23 bits per heavy atom. The number of aromatic nitrogens is 2. The third-order valence-corrected chi connectivity index (χ3v) is 5.92. The van der Waals surface area contributed by atoms with Gasteiger partial charge in [0.05, 0.1) is 24.2 Å². The largest absolute Gasteiger partial charge is 0.464 e. The van der Waals surface area contributed by atoms with Crippen LogP contribution in [-0.2, 0) is 27.7 Å². The summed E-state index contributed by atoms with van der Waals surface area (Å²) in [6, 6.07) is 6.24. The van der Waals surface area contributed by atoms with Crippen LogP contribution in [0, 0.1) is 0 Å². The van der Waals surface area contributed by atoms with Crippen LogP contribution in [0.5, 0.6) is 0 Å². The molecule has 0 saturated carbocycles. The second kappa shape index (κ2) is 12.5. The lowest BCUT2D eigenvalue weighted by atomic mass is 10.2. The van der Waals surface area contributed by atoms with Gasteiger partial charge in [0.2, 0.25) is 0 Å². The van der Waals surface area contributed by atoms with Crippen molar-refractivity contribution in [1.82, 2.24) is 14.5 Å². The van der Waals surface area contributed by atoms with E-state index in [2.05, 4.69) is 32.6 Å². The first-order chi connectivity index (χ1) is 15.1. The first-order valence-electron chi connectivity index (χ1n) is 10.9. The predicted molar refractivity (Wildman–Crippen MR) is 126 cm³/mol. The lowest BCUT2D eigenvalue weighted by molar-refractivity contribution is -0.144. The van der Waals surface area contributed by atoms with Crippen LogP contribution in [0.25, 0.3) is 11.0 Å². The molecule has 0 bridgehead atoms. The van der Waals surface area contributed by atoms with E-state index in [1.54, 1.807) is 0 Å². The van der Waals surface area contributed by atoms with Crippen molar-refractivity contribution in [2.45, 2.75) is 19.3 Å². The second-order valence-electron chi connectivity index (χ2n) is 7.65. The number of anilines is 1. The molecule has 0 aliphatic carbocycles. The molecule has 0 atom stereocenters. The Kier molecular flexibility index (Phi) is 9.71. The van der Waals surface area contributed by atoms with E-state index in [4.69, 9.17) is 37.7 Å². The maximum Gasteiger partial charge on any atom is 0.305 e. The summed E-state index contributed by atoms with van der Waals surface area (Å²) in [5.41, 5.74) is 3.09. The molecule has 9 heteroatoms. The lowest BCUT2D eigenvalue weighted by Crippen LogP contribution is -2.38. The van der Waals surface area contributed by atoms with Gasteiger partial charge in [0, 0.05) is 70.1 Å². The number of imidazole rings is 1. The molecule has 1 aliphatic heterocycles. The quantitative estimate of drug-likeness (QED) is 0.350. The van der Waals surface area contributed by atoms with E-state index in [1.807, 2.05) is 7.05 Å². The van der Waals surface area contributed by atoms with Crippen LogP contribution in [0.15, 0.2) is 18.2 Å². The smallest absolute Gasteiger partial charge is 0.305 e. The summed E-state index contributed by atoms with van der Waals surface area (Å²) in [6.45, 7) is 6.01. The minimum absolute atomic E-state index is 0.146. The monoisotopic (exact) mass is 470 g/mol. The van der Waals surface area contributed by atoms with Crippen molar-refractivity contribution in [3.63, 3.8) is 0 Å². The summed E-state index contributed by atoms with van der Waals surface area (Å²) in [5.74, 6) is 1.91. The number of alkyl halides is 2. The fourth-order valence-corrected chi connectivity index (χ4v) is 4.22. The van der Waals surface area contributed by atoms with Gasteiger partial charge in [-0.3, -0.25) is 9.69 Å². The normalized spacial score (nSPS) is 14.8. The number of hydrogen-bond donors (Lipinski definition) is 0. The molecule has 1 saturated heterocycles. The van der Waals surface area contributed by atoms with Crippen LogP contribution >= 0.6 is 23.2 Å². The van der Waals surface area contributed by atoms with Gasteiger partial charge < -0.3 is 18.9 Å². The Labute approximate surface area is 194 Å². The number of hydrogen-bond acceptors (Lipinski definition) is 6. The number of halogens is 2. The van der Waals surface area contributed by atoms with E-state index in [-0.39, 0.29) is 5.97 Å². The summed E-state index contributed by atoms with van der Waals surface area (Å²) in [4.78, 5) is 21.3. The fourth-order valence-electron chi connectivity index (χ4n) is 3.81. The second-order valence-corrected chi connectivity index (χ2v) is 8.41. The molecule has 0 N–H and O–H groups in total. The third kappa shape index (κ3) is 6.97. The van der Waals surface area contributed by atoms with E-state index in [0.717, 1.165) is 74.9 Å². The van der Waals surface area contributed by atoms with Gasteiger partial charge in [-0.25, -0.2) is 4.98 Å². The molecular formula is C22H32Cl2N4O3. The van der Waals surface area contributed by atoms with Crippen LogP contribution in [0.3, 0.4) is 0 Å². The molecular weight excluding hydrogens is 439 g/mol. The highest BCUT2D eigenvalue weighted by Crippen LogP contribution is 2.23. The number of morpholine rings is 1. The average Bonchev–Trinajstić information content (AvgIpc) is 3.09. The molecule has 0 amide bonds. The highest BCUT2D eigenvalue weighted by atomic mass is 35.5. The van der Waals surface area contributed by atoms with Crippen molar-refractivity contribution in [2.75, 3.05) is 69.2 Å². The van der Waals surface area contributed by atoms with Crippen molar-refractivity contribution in [3.8, 4) is 0 Å². The lowest BCUT2D eigenvalue weighted by Gasteiger charge is -2.26. The zero-order chi connectivity index (χ0) is 22.1. The maximum absolute atomic E-state index is 12.1. The molecule has 2 aromatic rings. The molecule has 172 valence electrons. The van der Waals surface area contributed by atoms with Crippen LogP contribution in [0.4, 0.5) is 5.69 Å². The molecule has 3 rings (SSSR count). The molecule has 0 unspecified atom stereocenters. The highest BCUT2D eigenvalue weighted by Gasteiger charge is 2.13. The number of benzene rings is 1. The van der Waals surface area contributed by atoms with E-state index in [0.29, 0.717) is 31.2 Å². The Hall–Kier alpha value is -1.54. The van der Waals surface area contributed by atoms with Gasteiger partial charge in [-0.05, 0) is 24.6 Å². The van der Waals surface area contributed by atoms with E-state index >= 15 is 0 Å². The first kappa shape index (κ1) is 24.1. The van der Waals surface area contributed by atoms with Crippen LogP contribution in [0.2, 0.25) is 0 Å². The highest BCUT2D eigenvalue weighted by molar-refractivity contribution is 6.18. The van der Waals surface area contributed by atoms with Crippen molar-refractivity contribution in [2.24, 2.45) is 7.05 Å². The van der Waals surface area contributed by atoms with Gasteiger partial charge in [-0.1, -0.05) is 0 Å². The summed E-state index contributed by atoms with van der Waals surface area (Å²) in [7, 11) is 2.01. The molecule has 1 aromatic heterocycles. The number of ether oxygens (including phenoxy) is 2. The summed E-state index contributed by atoms with van der Waals surface area (Å²) in [6.07, 6.45) is 1.84. The van der Waals surface area contributed by atoms with Gasteiger partial charge >= 0.3 is 5.97 Å². The van der Waals surface area contributed by atoms with Crippen molar-refractivity contribution in [1.29, 1.82) is 0 Å². The standard InChI is InChI=1S/C22H32Cl2N4O3/c1-26-20-6-5-18(28(9-7-23)10-8-24)17-19(20)25-21(26)3-2-4-22(29)31-16-13-27-11-14-30-15-12-27/h5-6,17H,2-4,7-16H2,1H3. The predicted octanol–water partition coefficient (Wildman–Crippen LogP) is 3.06. The van der Waals surface area contributed by atoms with Gasteiger partial charge in [0.15, 0.2) is 0 Å². The Morgan fingerprint density at radius 2 is 1.97 bits per heavy atom. The summed E-state index contributed by atoms with van der Waals surface area (Å²) in [5, 5.41) is 0. The van der Waals surface area contributed by atoms with Gasteiger partial charge in [-0.15, -0.1) is 23.2 Å². The fraction of sp³-hybridized carbons (Fsp3) is 0.636. The molecule has 1 fully saturated rings.